The van der Waals surface area contributed by atoms with Gasteiger partial charge in [-0.1, -0.05) is 115 Å². The highest BCUT2D eigenvalue weighted by Gasteiger charge is 2.26. The molecule has 6 nitrogen and oxygen atoms in total. The zero-order chi connectivity index (χ0) is 35.8. The highest BCUT2D eigenvalue weighted by atomic mass is 16.3. The minimum atomic E-state index is -0.157. The normalized spacial score (nSPS) is 16.5. The molecule has 3 aromatic rings. The smallest absolute Gasteiger partial charge is 0.123 e. The summed E-state index contributed by atoms with van der Waals surface area (Å²) in [7, 11) is 0. The van der Waals surface area contributed by atoms with E-state index in [2.05, 4.69) is 134 Å². The molecule has 48 heavy (non-hydrogen) atoms. The Kier molecular flexibility index (Phi) is 11.3. The predicted octanol–water partition coefficient (Wildman–Crippen LogP) is 8.44. The number of aryl methyl sites for hydroxylation is 3. The second-order valence-electron chi connectivity index (χ2n) is 17.5. The van der Waals surface area contributed by atoms with Crippen molar-refractivity contribution in [1.29, 1.82) is 0 Å². The van der Waals surface area contributed by atoms with E-state index >= 15 is 0 Å². The molecule has 264 valence electrons. The number of hydrogen-bond donors (Lipinski definition) is 3. The van der Waals surface area contributed by atoms with Gasteiger partial charge >= 0.3 is 0 Å². The summed E-state index contributed by atoms with van der Waals surface area (Å²) in [5, 5.41) is 34.3. The van der Waals surface area contributed by atoms with Crippen LogP contribution in [0.5, 0.6) is 17.2 Å². The molecule has 1 saturated heterocycles. The molecule has 0 aromatic heterocycles. The number of phenols is 3. The van der Waals surface area contributed by atoms with Gasteiger partial charge in [-0.2, -0.15) is 0 Å². The lowest BCUT2D eigenvalue weighted by molar-refractivity contribution is 0.206. The topological polar surface area (TPSA) is 70.4 Å². The Hall–Kier alpha value is -3.06. The molecule has 1 fully saturated rings. The maximum atomic E-state index is 11.4. The van der Waals surface area contributed by atoms with Gasteiger partial charge in [0.1, 0.15) is 17.2 Å². The van der Waals surface area contributed by atoms with E-state index in [1.54, 1.807) is 0 Å². The first-order valence-corrected chi connectivity index (χ1v) is 17.8. The lowest BCUT2D eigenvalue weighted by Crippen LogP contribution is -2.35. The molecule has 0 amide bonds. The van der Waals surface area contributed by atoms with Gasteiger partial charge in [0.05, 0.1) is 0 Å². The van der Waals surface area contributed by atoms with Crippen molar-refractivity contribution in [3.63, 3.8) is 0 Å². The minimum Gasteiger partial charge on any atom is -0.507 e. The molecular weight excluding hydrogens is 594 g/mol. The van der Waals surface area contributed by atoms with E-state index in [4.69, 9.17) is 0 Å². The van der Waals surface area contributed by atoms with Crippen LogP contribution in [0.3, 0.4) is 0 Å². The molecule has 0 unspecified atom stereocenters. The van der Waals surface area contributed by atoms with E-state index in [9.17, 15) is 15.3 Å². The minimum absolute atomic E-state index is 0.157. The van der Waals surface area contributed by atoms with Crippen molar-refractivity contribution in [2.24, 2.45) is 0 Å². The fourth-order valence-corrected chi connectivity index (χ4v) is 7.02. The van der Waals surface area contributed by atoms with Crippen LogP contribution in [-0.4, -0.2) is 69.3 Å². The van der Waals surface area contributed by atoms with Gasteiger partial charge < -0.3 is 15.3 Å². The molecule has 6 heteroatoms. The quantitative estimate of drug-likeness (QED) is 0.247. The van der Waals surface area contributed by atoms with Gasteiger partial charge in [0.2, 0.25) is 0 Å². The standard InChI is InChI=1S/C42H63N3O3/c1-28-19-31(37(46)34(22-28)40(4,5)6)25-43-13-15-44(26-32-20-29(2)23-35(38(32)47)41(7,8)9)17-18-45(16-14-43)27-33-21-30(3)24-36(39(33)48)42(10,11)12/h19-24,46-48H,13-18,25-27H2,1-12H3. The summed E-state index contributed by atoms with van der Waals surface area (Å²) in [6, 6.07) is 12.7. The van der Waals surface area contributed by atoms with Crippen LogP contribution in [0.15, 0.2) is 36.4 Å². The van der Waals surface area contributed by atoms with Crippen LogP contribution in [0.4, 0.5) is 0 Å². The summed E-state index contributed by atoms with van der Waals surface area (Å²) in [5.41, 5.74) is 8.87. The molecule has 0 saturated carbocycles. The van der Waals surface area contributed by atoms with Crippen molar-refractivity contribution in [3.05, 3.63) is 86.5 Å². The molecule has 0 radical (unpaired) electrons. The van der Waals surface area contributed by atoms with Crippen LogP contribution in [0, 0.1) is 20.8 Å². The molecule has 3 aromatic carbocycles. The first-order chi connectivity index (χ1) is 22.1. The van der Waals surface area contributed by atoms with Crippen LogP contribution in [0.25, 0.3) is 0 Å². The van der Waals surface area contributed by atoms with Crippen LogP contribution in [0.1, 0.15) is 112 Å². The highest BCUT2D eigenvalue weighted by molar-refractivity contribution is 5.49. The predicted molar refractivity (Wildman–Crippen MR) is 200 cm³/mol. The molecule has 0 atom stereocenters. The molecular formula is C42H63N3O3. The molecule has 0 aliphatic carbocycles. The van der Waals surface area contributed by atoms with Crippen molar-refractivity contribution >= 4 is 0 Å². The second-order valence-corrected chi connectivity index (χ2v) is 17.5. The van der Waals surface area contributed by atoms with Gasteiger partial charge in [-0.15, -0.1) is 0 Å². The number of aromatic hydroxyl groups is 3. The monoisotopic (exact) mass is 657 g/mol. The van der Waals surface area contributed by atoms with Gasteiger partial charge in [-0.05, 0) is 53.7 Å². The van der Waals surface area contributed by atoms with Gasteiger partial charge in [-0.3, -0.25) is 14.7 Å². The van der Waals surface area contributed by atoms with E-state index in [1.807, 2.05) is 0 Å². The van der Waals surface area contributed by atoms with Crippen molar-refractivity contribution < 1.29 is 15.3 Å². The van der Waals surface area contributed by atoms with E-state index < -0.39 is 0 Å². The number of nitrogens with zero attached hydrogens (tertiary/aromatic N) is 3. The van der Waals surface area contributed by atoms with Crippen molar-refractivity contribution in [1.82, 2.24) is 14.7 Å². The van der Waals surface area contributed by atoms with Gasteiger partial charge in [0.15, 0.2) is 0 Å². The summed E-state index contributed by atoms with van der Waals surface area (Å²) < 4.78 is 0. The van der Waals surface area contributed by atoms with Crippen LogP contribution >= 0.6 is 0 Å². The lowest BCUT2D eigenvalue weighted by Gasteiger charge is -2.29. The SMILES string of the molecule is Cc1cc(CN2CCN(Cc3cc(C)cc(C(C)(C)C)c3O)CCN(Cc3cc(C)cc(C(C)(C)C)c3O)CC2)c(O)c(C(C)(C)C)c1. The largest absolute Gasteiger partial charge is 0.507 e. The average molecular weight is 658 g/mol. The summed E-state index contributed by atoms with van der Waals surface area (Å²) >= 11 is 0. The maximum absolute atomic E-state index is 11.4. The highest BCUT2D eigenvalue weighted by Crippen LogP contribution is 2.37. The number of rotatable bonds is 6. The first kappa shape index (κ1) is 37.8. The maximum Gasteiger partial charge on any atom is 0.123 e. The van der Waals surface area contributed by atoms with Gasteiger partial charge in [-0.25, -0.2) is 0 Å². The number of benzene rings is 3. The van der Waals surface area contributed by atoms with E-state index in [-0.39, 0.29) is 16.2 Å². The zero-order valence-corrected chi connectivity index (χ0v) is 32.0. The van der Waals surface area contributed by atoms with Crippen molar-refractivity contribution in [3.8, 4) is 17.2 Å². The number of phenolic OH excluding ortho intramolecular Hbond substituents is 3. The number of hydrogen-bond acceptors (Lipinski definition) is 6. The van der Waals surface area contributed by atoms with Crippen LogP contribution in [0.2, 0.25) is 0 Å². The lowest BCUT2D eigenvalue weighted by atomic mass is 9.84. The molecule has 1 heterocycles. The van der Waals surface area contributed by atoms with Crippen LogP contribution < -0.4 is 0 Å². The molecule has 1 aliphatic heterocycles. The molecule has 3 N–H and O–H groups in total. The van der Waals surface area contributed by atoms with Gasteiger partial charge in [0, 0.05) is 75.6 Å². The molecule has 0 spiro atoms. The summed E-state index contributed by atoms with van der Waals surface area (Å²) in [4.78, 5) is 7.37. The van der Waals surface area contributed by atoms with Crippen LogP contribution in [-0.2, 0) is 35.9 Å². The second kappa shape index (κ2) is 14.4. The van der Waals surface area contributed by atoms with Gasteiger partial charge in [0.25, 0.3) is 0 Å². The molecule has 4 rings (SSSR count). The molecule has 1 aliphatic rings. The third kappa shape index (κ3) is 9.34. The Labute approximate surface area is 291 Å². The Balaban J connectivity index is 1.68. The fraction of sp³-hybridized carbons (Fsp3) is 0.571. The summed E-state index contributed by atoms with van der Waals surface area (Å²) in [6.45, 7) is 32.7. The van der Waals surface area contributed by atoms with E-state index in [0.29, 0.717) is 36.9 Å². The van der Waals surface area contributed by atoms with E-state index in [0.717, 1.165) is 89.3 Å². The fourth-order valence-electron chi connectivity index (χ4n) is 7.02. The van der Waals surface area contributed by atoms with Crippen molar-refractivity contribution in [2.75, 3.05) is 39.3 Å². The summed E-state index contributed by atoms with van der Waals surface area (Å²) in [5.74, 6) is 1.21. The Bertz CT molecular complexity index is 1390. The first-order valence-electron chi connectivity index (χ1n) is 17.8. The molecule has 0 bridgehead atoms. The van der Waals surface area contributed by atoms with E-state index in [1.165, 1.54) is 0 Å². The third-order valence-electron chi connectivity index (χ3n) is 9.80. The average Bonchev–Trinajstić information content (AvgIpc) is 3.03. The zero-order valence-electron chi connectivity index (χ0n) is 32.0. The van der Waals surface area contributed by atoms with Crippen molar-refractivity contribution in [2.45, 2.75) is 119 Å². The third-order valence-corrected chi connectivity index (χ3v) is 9.80. The Morgan fingerprint density at radius 1 is 0.417 bits per heavy atom. The summed E-state index contributed by atoms with van der Waals surface area (Å²) in [6.07, 6.45) is 0. The Morgan fingerprint density at radius 3 is 0.812 bits per heavy atom. The Morgan fingerprint density at radius 2 is 0.625 bits per heavy atom.